The fraction of sp³-hybridized carbons (Fsp3) is 0.488. The van der Waals surface area contributed by atoms with Crippen LogP contribution in [-0.4, -0.2) is 68.5 Å². The summed E-state index contributed by atoms with van der Waals surface area (Å²) in [7, 11) is 0. The van der Waals surface area contributed by atoms with Gasteiger partial charge in [0.25, 0.3) is 0 Å². The third kappa shape index (κ3) is 15.1. The van der Waals surface area contributed by atoms with Gasteiger partial charge in [-0.05, 0) is 85.9 Å². The number of benzene rings is 2. The summed E-state index contributed by atoms with van der Waals surface area (Å²) in [4.78, 5) is 72.4. The molecule has 54 heavy (non-hydrogen) atoms. The highest BCUT2D eigenvalue weighted by Crippen LogP contribution is 2.33. The second-order valence-electron chi connectivity index (χ2n) is 13.8. The second kappa shape index (κ2) is 22.9. The number of hydrogen-bond acceptors (Lipinski definition) is 11. The molecule has 0 spiro atoms. The van der Waals surface area contributed by atoms with Gasteiger partial charge in [-0.2, -0.15) is 0 Å². The van der Waals surface area contributed by atoms with Crippen molar-refractivity contribution in [2.24, 2.45) is 5.41 Å². The highest BCUT2D eigenvalue weighted by Gasteiger charge is 2.38. The van der Waals surface area contributed by atoms with Crippen LogP contribution in [0.25, 0.3) is 11.1 Å². The summed E-state index contributed by atoms with van der Waals surface area (Å²) in [5, 5.41) is 0. The molecule has 11 nitrogen and oxygen atoms in total. The summed E-state index contributed by atoms with van der Waals surface area (Å²) >= 11 is 0. The molecule has 0 aliphatic carbocycles. The lowest BCUT2D eigenvalue weighted by molar-refractivity contribution is -0.168. The van der Waals surface area contributed by atoms with E-state index in [0.717, 1.165) is 49.8 Å². The average molecular weight is 749 g/mol. The van der Waals surface area contributed by atoms with Crippen molar-refractivity contribution in [1.82, 2.24) is 0 Å². The van der Waals surface area contributed by atoms with Gasteiger partial charge in [-0.3, -0.25) is 9.59 Å². The van der Waals surface area contributed by atoms with E-state index in [2.05, 4.69) is 45.2 Å². The Balaban J connectivity index is 2.53. The van der Waals surface area contributed by atoms with Crippen molar-refractivity contribution in [3.8, 4) is 16.9 Å². The molecule has 0 N–H and O–H groups in total. The van der Waals surface area contributed by atoms with Gasteiger partial charge in [0.15, 0.2) is 0 Å². The molecule has 294 valence electrons. The highest BCUT2D eigenvalue weighted by molar-refractivity contribution is 6.32. The van der Waals surface area contributed by atoms with Crippen LogP contribution < -0.4 is 4.74 Å². The minimum Gasteiger partial charge on any atom is -0.492 e. The minimum absolute atomic E-state index is 0.0861. The van der Waals surface area contributed by atoms with E-state index in [1.807, 2.05) is 12.1 Å². The lowest BCUT2D eigenvalue weighted by Gasteiger charge is -2.32. The Bertz CT molecular complexity index is 1600. The molecule has 0 amide bonds. The largest absolute Gasteiger partial charge is 0.492 e. The van der Waals surface area contributed by atoms with Gasteiger partial charge >= 0.3 is 23.9 Å². The molecule has 0 bridgehead atoms. The third-order valence-corrected chi connectivity index (χ3v) is 8.65. The predicted molar refractivity (Wildman–Crippen MR) is 205 cm³/mol. The van der Waals surface area contributed by atoms with Crippen molar-refractivity contribution in [3.05, 3.63) is 77.4 Å². The van der Waals surface area contributed by atoms with E-state index >= 15 is 0 Å². The van der Waals surface area contributed by atoms with Crippen LogP contribution in [0.4, 0.5) is 0 Å². The van der Waals surface area contributed by atoms with Gasteiger partial charge in [-0.25, -0.2) is 19.2 Å². The van der Waals surface area contributed by atoms with Crippen LogP contribution in [0.15, 0.2) is 60.7 Å². The van der Waals surface area contributed by atoms with Crippen molar-refractivity contribution in [3.63, 3.8) is 0 Å². The Morgan fingerprint density at radius 2 is 1.17 bits per heavy atom. The number of esters is 4. The van der Waals surface area contributed by atoms with Gasteiger partial charge in [0.2, 0.25) is 11.6 Å². The number of rotatable bonds is 25. The zero-order valence-electron chi connectivity index (χ0n) is 32.8. The molecule has 2 aromatic carbocycles. The Labute approximate surface area is 319 Å². The Hall–Kier alpha value is -5.06. The zero-order valence-corrected chi connectivity index (χ0v) is 32.8. The predicted octanol–water partition coefficient (Wildman–Crippen LogP) is 7.23. The van der Waals surface area contributed by atoms with Crippen molar-refractivity contribution >= 4 is 35.4 Å². The Kier molecular flexibility index (Phi) is 19.1. The molecule has 0 aliphatic rings. The molecule has 0 heterocycles. The van der Waals surface area contributed by atoms with Crippen LogP contribution >= 0.6 is 0 Å². The maximum atomic E-state index is 12.5. The lowest BCUT2D eigenvalue weighted by Crippen LogP contribution is -2.45. The van der Waals surface area contributed by atoms with Crippen molar-refractivity contribution in [1.29, 1.82) is 0 Å². The Morgan fingerprint density at radius 1 is 0.593 bits per heavy atom. The van der Waals surface area contributed by atoms with Gasteiger partial charge in [0.05, 0.1) is 6.61 Å². The summed E-state index contributed by atoms with van der Waals surface area (Å²) < 4.78 is 27.6. The zero-order chi connectivity index (χ0) is 40.3. The summed E-state index contributed by atoms with van der Waals surface area (Å²) in [6, 6.07) is 12.3. The third-order valence-electron chi connectivity index (χ3n) is 8.65. The van der Waals surface area contributed by atoms with Crippen molar-refractivity contribution in [2.45, 2.75) is 99.3 Å². The smallest absolute Gasteiger partial charge is 0.374 e. The average Bonchev–Trinajstić information content (AvgIpc) is 3.15. The fourth-order valence-corrected chi connectivity index (χ4v) is 5.41. The number of Topliss-reactive ketones (excluding diaryl/α,β-unsaturated/α-hetero) is 2. The van der Waals surface area contributed by atoms with Crippen LogP contribution in [0.1, 0.15) is 96.8 Å². The molecule has 0 unspecified atom stereocenters. The molecular formula is C43H56O11. The van der Waals surface area contributed by atoms with E-state index in [4.69, 9.17) is 23.7 Å². The number of ether oxygens (including phenoxy) is 5. The van der Waals surface area contributed by atoms with E-state index < -0.39 is 60.7 Å². The molecule has 2 aromatic rings. The molecule has 0 aliphatic heterocycles. The summed E-state index contributed by atoms with van der Waals surface area (Å²) in [6.45, 7) is 14.8. The number of hydrogen-bond donors (Lipinski definition) is 0. The topological polar surface area (TPSA) is 149 Å². The SMILES string of the molecule is C=C(C)C(=O)OCCCc1cc(-c2ccc(CCCCCCC)cc2CC)ccc1OCC(COC(=O)C(=C)C)(COC(=O)C(C)=O)COC(=O)C(C)=O. The van der Waals surface area contributed by atoms with E-state index in [1.165, 1.54) is 43.7 Å². The van der Waals surface area contributed by atoms with Crippen molar-refractivity contribution < 1.29 is 52.5 Å². The molecular weight excluding hydrogens is 692 g/mol. The highest BCUT2D eigenvalue weighted by atomic mass is 16.6. The van der Waals surface area contributed by atoms with Crippen LogP contribution in [0.2, 0.25) is 0 Å². The van der Waals surface area contributed by atoms with E-state index in [0.29, 0.717) is 18.6 Å². The van der Waals surface area contributed by atoms with Crippen LogP contribution in [0.3, 0.4) is 0 Å². The van der Waals surface area contributed by atoms with Crippen LogP contribution in [-0.2, 0) is 67.0 Å². The first kappa shape index (κ1) is 45.1. The monoisotopic (exact) mass is 748 g/mol. The molecule has 0 aromatic heterocycles. The molecule has 0 fully saturated rings. The van der Waals surface area contributed by atoms with Gasteiger partial charge < -0.3 is 23.7 Å². The maximum Gasteiger partial charge on any atom is 0.374 e. The molecule has 0 saturated heterocycles. The number of carbonyl (C=O) groups is 6. The number of carbonyl (C=O) groups excluding carboxylic acids is 6. The van der Waals surface area contributed by atoms with Crippen molar-refractivity contribution in [2.75, 3.05) is 33.0 Å². The lowest BCUT2D eigenvalue weighted by atomic mass is 9.91. The number of unbranched alkanes of at least 4 members (excludes halogenated alkanes) is 4. The standard InChI is InChI=1S/C43H56O11/c1-9-11-12-13-14-16-33-18-20-37(34(10-2)23-33)35-19-21-38(36(24-35)17-15-22-50-39(46)29(3)4)51-25-43(26-52-40(47)30(5)6,27-53-41(48)31(7)44)28-54-42(49)32(8)45/h18-21,23-24H,3,5,9-17,22,25-28H2,1-2,4,6-8H3. The molecule has 0 radical (unpaired) electrons. The number of ketones is 2. The fourth-order valence-electron chi connectivity index (χ4n) is 5.41. The second-order valence-corrected chi connectivity index (χ2v) is 13.8. The molecule has 2 rings (SSSR count). The summed E-state index contributed by atoms with van der Waals surface area (Å²) in [5.41, 5.74) is 4.11. The van der Waals surface area contributed by atoms with E-state index in [-0.39, 0.29) is 24.4 Å². The first-order valence-corrected chi connectivity index (χ1v) is 18.5. The van der Waals surface area contributed by atoms with E-state index in [1.54, 1.807) is 13.0 Å². The van der Waals surface area contributed by atoms with Crippen LogP contribution in [0, 0.1) is 5.41 Å². The summed E-state index contributed by atoms with van der Waals surface area (Å²) in [6.07, 6.45) is 8.78. The number of aryl methyl sites for hydroxylation is 3. The molecule has 0 saturated carbocycles. The normalized spacial score (nSPS) is 10.9. The van der Waals surface area contributed by atoms with Gasteiger partial charge in [0, 0.05) is 25.0 Å². The van der Waals surface area contributed by atoms with Crippen LogP contribution in [0.5, 0.6) is 5.75 Å². The maximum absolute atomic E-state index is 12.5. The summed E-state index contributed by atoms with van der Waals surface area (Å²) in [5.74, 6) is -4.91. The first-order valence-electron chi connectivity index (χ1n) is 18.5. The van der Waals surface area contributed by atoms with Gasteiger partial charge in [0.1, 0.15) is 37.6 Å². The van der Waals surface area contributed by atoms with E-state index in [9.17, 15) is 28.8 Å². The Morgan fingerprint density at radius 3 is 1.72 bits per heavy atom. The minimum atomic E-state index is -1.55. The molecule has 0 atom stereocenters. The quantitative estimate of drug-likeness (QED) is 0.0333. The van der Waals surface area contributed by atoms with Gasteiger partial charge in [-0.1, -0.05) is 77.0 Å². The van der Waals surface area contributed by atoms with Gasteiger partial charge in [-0.15, -0.1) is 0 Å². The molecule has 11 heteroatoms. The first-order chi connectivity index (χ1) is 25.6.